The Morgan fingerprint density at radius 3 is 2.62 bits per heavy atom. The number of rotatable bonds is 5. The van der Waals surface area contributed by atoms with Crippen molar-refractivity contribution in [1.29, 1.82) is 0 Å². The summed E-state index contributed by atoms with van der Waals surface area (Å²) in [7, 11) is 1.63. The number of methoxy groups -OCH3 is 1. The SMILES string of the molecule is COc1cc(C2=NCCS2)cc(I)c1OCc1c(Cl)cccc1Cl. The van der Waals surface area contributed by atoms with E-state index in [-0.39, 0.29) is 6.61 Å². The second kappa shape index (κ2) is 8.17. The summed E-state index contributed by atoms with van der Waals surface area (Å²) in [6.07, 6.45) is 0. The van der Waals surface area contributed by atoms with E-state index in [1.165, 1.54) is 0 Å². The Kier molecular flexibility index (Phi) is 6.18. The summed E-state index contributed by atoms with van der Waals surface area (Å²) < 4.78 is 12.5. The second-order valence-corrected chi connectivity index (χ2v) is 8.07. The number of aliphatic imine (C=N–C) groups is 1. The zero-order chi connectivity index (χ0) is 17.1. The Morgan fingerprint density at radius 1 is 1.25 bits per heavy atom. The Bertz CT molecular complexity index is 778. The summed E-state index contributed by atoms with van der Waals surface area (Å²) in [4.78, 5) is 4.51. The highest BCUT2D eigenvalue weighted by molar-refractivity contribution is 14.1. The molecule has 0 saturated carbocycles. The molecule has 126 valence electrons. The lowest BCUT2D eigenvalue weighted by molar-refractivity contribution is 0.282. The number of ether oxygens (including phenoxy) is 2. The molecule has 0 amide bonds. The maximum atomic E-state index is 6.20. The van der Waals surface area contributed by atoms with Gasteiger partial charge in [0.15, 0.2) is 11.5 Å². The fraction of sp³-hybridized carbons (Fsp3) is 0.235. The molecule has 3 rings (SSSR count). The smallest absolute Gasteiger partial charge is 0.175 e. The third kappa shape index (κ3) is 3.95. The van der Waals surface area contributed by atoms with Gasteiger partial charge in [0.1, 0.15) is 6.61 Å². The molecule has 0 aliphatic carbocycles. The van der Waals surface area contributed by atoms with Crippen molar-refractivity contribution in [3.63, 3.8) is 0 Å². The lowest BCUT2D eigenvalue weighted by Gasteiger charge is -2.15. The molecule has 3 nitrogen and oxygen atoms in total. The van der Waals surface area contributed by atoms with Crippen molar-refractivity contribution >= 4 is 62.6 Å². The lowest BCUT2D eigenvalue weighted by Crippen LogP contribution is -2.03. The van der Waals surface area contributed by atoms with Crippen LogP contribution >= 0.6 is 57.6 Å². The Labute approximate surface area is 168 Å². The molecule has 0 atom stereocenters. The number of benzene rings is 2. The number of thioether (sulfide) groups is 1. The van der Waals surface area contributed by atoms with Gasteiger partial charge in [-0.25, -0.2) is 0 Å². The van der Waals surface area contributed by atoms with Gasteiger partial charge in [0.25, 0.3) is 0 Å². The molecular weight excluding hydrogens is 480 g/mol. The van der Waals surface area contributed by atoms with E-state index in [0.717, 1.165) is 32.0 Å². The lowest BCUT2D eigenvalue weighted by atomic mass is 10.2. The molecule has 1 aliphatic heterocycles. The molecular formula is C17H14Cl2INO2S. The summed E-state index contributed by atoms with van der Waals surface area (Å²) in [6.45, 7) is 1.14. The highest BCUT2D eigenvalue weighted by atomic mass is 127. The summed E-state index contributed by atoms with van der Waals surface area (Å²) in [5, 5.41) is 2.22. The number of hydrogen-bond acceptors (Lipinski definition) is 4. The molecule has 2 aromatic carbocycles. The first-order valence-corrected chi connectivity index (χ1v) is 10.0. The van der Waals surface area contributed by atoms with Crippen molar-refractivity contribution in [3.8, 4) is 11.5 Å². The normalized spacial score (nSPS) is 13.8. The maximum absolute atomic E-state index is 6.20. The minimum atomic E-state index is 0.278. The number of halogens is 3. The van der Waals surface area contributed by atoms with Gasteiger partial charge in [-0.1, -0.05) is 29.3 Å². The largest absolute Gasteiger partial charge is 0.493 e. The fourth-order valence-electron chi connectivity index (χ4n) is 2.31. The first-order valence-electron chi connectivity index (χ1n) is 7.21. The van der Waals surface area contributed by atoms with Crippen LogP contribution in [0.2, 0.25) is 10.0 Å². The Morgan fingerprint density at radius 2 is 2.00 bits per heavy atom. The average molecular weight is 494 g/mol. The van der Waals surface area contributed by atoms with Crippen molar-refractivity contribution < 1.29 is 9.47 Å². The molecule has 0 aromatic heterocycles. The van der Waals surface area contributed by atoms with Crippen molar-refractivity contribution in [2.45, 2.75) is 6.61 Å². The molecule has 1 heterocycles. The topological polar surface area (TPSA) is 30.8 Å². The fourth-order valence-corrected chi connectivity index (χ4v) is 4.41. The minimum Gasteiger partial charge on any atom is -0.493 e. The molecule has 0 saturated heterocycles. The predicted molar refractivity (Wildman–Crippen MR) is 110 cm³/mol. The van der Waals surface area contributed by atoms with Gasteiger partial charge in [0.05, 0.1) is 15.7 Å². The van der Waals surface area contributed by atoms with Gasteiger partial charge in [-0.15, -0.1) is 11.8 Å². The van der Waals surface area contributed by atoms with Crippen molar-refractivity contribution in [1.82, 2.24) is 0 Å². The van der Waals surface area contributed by atoms with Gasteiger partial charge >= 0.3 is 0 Å². The zero-order valence-electron chi connectivity index (χ0n) is 12.8. The van der Waals surface area contributed by atoms with Gasteiger partial charge in [-0.3, -0.25) is 4.99 Å². The third-order valence-electron chi connectivity index (χ3n) is 3.48. The van der Waals surface area contributed by atoms with E-state index in [0.29, 0.717) is 21.5 Å². The van der Waals surface area contributed by atoms with Crippen LogP contribution < -0.4 is 9.47 Å². The van der Waals surface area contributed by atoms with Crippen LogP contribution in [-0.2, 0) is 6.61 Å². The number of hydrogen-bond donors (Lipinski definition) is 0. The molecule has 0 spiro atoms. The second-order valence-electron chi connectivity index (χ2n) is 5.01. The predicted octanol–water partition coefficient (Wildman–Crippen LogP) is 5.68. The minimum absolute atomic E-state index is 0.278. The highest BCUT2D eigenvalue weighted by Gasteiger charge is 2.17. The first-order chi connectivity index (χ1) is 11.6. The van der Waals surface area contributed by atoms with Gasteiger partial charge in [0.2, 0.25) is 0 Å². The van der Waals surface area contributed by atoms with E-state index < -0.39 is 0 Å². The van der Waals surface area contributed by atoms with Gasteiger partial charge in [-0.05, 0) is 46.9 Å². The molecule has 2 aromatic rings. The molecule has 1 aliphatic rings. The van der Waals surface area contributed by atoms with Gasteiger partial charge in [0, 0.05) is 33.5 Å². The molecule has 0 bridgehead atoms. The molecule has 0 unspecified atom stereocenters. The van der Waals surface area contributed by atoms with Crippen molar-refractivity contribution in [2.75, 3.05) is 19.4 Å². The van der Waals surface area contributed by atoms with Crippen LogP contribution in [0.5, 0.6) is 11.5 Å². The molecule has 0 fully saturated rings. The van der Waals surface area contributed by atoms with Crippen molar-refractivity contribution in [3.05, 3.63) is 55.1 Å². The highest BCUT2D eigenvalue weighted by Crippen LogP contribution is 2.37. The van der Waals surface area contributed by atoms with E-state index in [1.54, 1.807) is 31.0 Å². The summed E-state index contributed by atoms with van der Waals surface area (Å²) in [6, 6.07) is 9.43. The summed E-state index contributed by atoms with van der Waals surface area (Å²) in [5.41, 5.74) is 1.82. The molecule has 24 heavy (non-hydrogen) atoms. The van der Waals surface area contributed by atoms with Gasteiger partial charge in [-0.2, -0.15) is 0 Å². The third-order valence-corrected chi connectivity index (χ3v) is 6.02. The first kappa shape index (κ1) is 18.2. The van der Waals surface area contributed by atoms with Gasteiger partial charge < -0.3 is 9.47 Å². The van der Waals surface area contributed by atoms with Crippen molar-refractivity contribution in [2.24, 2.45) is 4.99 Å². The standard InChI is InChI=1S/C17H14Cl2INO2S/c1-22-15-8-10(17-21-5-6-24-17)7-14(20)16(15)23-9-11-12(18)3-2-4-13(11)19/h2-4,7-8H,5-6,9H2,1H3. The van der Waals surface area contributed by atoms with Crippen LogP contribution in [-0.4, -0.2) is 24.5 Å². The maximum Gasteiger partial charge on any atom is 0.175 e. The summed E-state index contributed by atoms with van der Waals surface area (Å²) >= 11 is 16.4. The monoisotopic (exact) mass is 493 g/mol. The quantitative estimate of drug-likeness (QED) is 0.502. The van der Waals surface area contributed by atoms with E-state index in [1.807, 2.05) is 12.1 Å². The Hall–Kier alpha value is -0.630. The van der Waals surface area contributed by atoms with Crippen LogP contribution in [0.3, 0.4) is 0 Å². The molecule has 0 radical (unpaired) electrons. The van der Waals surface area contributed by atoms with Crippen LogP contribution in [0, 0.1) is 3.57 Å². The van der Waals surface area contributed by atoms with Crippen LogP contribution in [0.4, 0.5) is 0 Å². The zero-order valence-corrected chi connectivity index (χ0v) is 17.3. The van der Waals surface area contributed by atoms with Crippen LogP contribution in [0.15, 0.2) is 35.3 Å². The van der Waals surface area contributed by atoms with E-state index in [4.69, 9.17) is 32.7 Å². The molecule has 0 N–H and O–H groups in total. The van der Waals surface area contributed by atoms with Crippen LogP contribution in [0.25, 0.3) is 0 Å². The van der Waals surface area contributed by atoms with E-state index in [9.17, 15) is 0 Å². The van der Waals surface area contributed by atoms with E-state index in [2.05, 4.69) is 33.6 Å². The van der Waals surface area contributed by atoms with E-state index >= 15 is 0 Å². The Balaban J connectivity index is 1.87. The number of nitrogens with zero attached hydrogens (tertiary/aromatic N) is 1. The van der Waals surface area contributed by atoms with Crippen LogP contribution in [0.1, 0.15) is 11.1 Å². The average Bonchev–Trinajstić information content (AvgIpc) is 3.09. The summed E-state index contributed by atoms with van der Waals surface area (Å²) in [5.74, 6) is 2.38. The molecule has 7 heteroatoms.